The van der Waals surface area contributed by atoms with Crippen LogP contribution in [0.1, 0.15) is 5.56 Å². The minimum absolute atomic E-state index is 0.0298. The van der Waals surface area contributed by atoms with Gasteiger partial charge in [0, 0.05) is 24.7 Å². The van der Waals surface area contributed by atoms with Gasteiger partial charge >= 0.3 is 0 Å². The largest absolute Gasteiger partial charge is 0.366 e. The molecule has 0 saturated heterocycles. The van der Waals surface area contributed by atoms with Crippen LogP contribution in [0, 0.1) is 20.2 Å². The third-order valence-corrected chi connectivity index (χ3v) is 2.58. The highest BCUT2D eigenvalue weighted by molar-refractivity contribution is 5.41. The van der Waals surface area contributed by atoms with Gasteiger partial charge in [0.25, 0.3) is 11.4 Å². The fourth-order valence-corrected chi connectivity index (χ4v) is 1.53. The number of nitro benzene ring substituents is 1. The van der Waals surface area contributed by atoms with Gasteiger partial charge in [-0.25, -0.2) is 4.98 Å². The Bertz CT molecular complexity index is 567. The molecule has 0 amide bonds. The monoisotopic (exact) mass is 274 g/mol. The van der Waals surface area contributed by atoms with Gasteiger partial charge in [0.1, 0.15) is 12.0 Å². The van der Waals surface area contributed by atoms with Gasteiger partial charge in [0.05, 0.1) is 9.85 Å². The first kappa shape index (κ1) is 13.4. The maximum Gasteiger partial charge on any atom is 0.287 e. The predicted molar refractivity (Wildman–Crippen MR) is 71.3 cm³/mol. The van der Waals surface area contributed by atoms with Crippen molar-refractivity contribution in [1.29, 1.82) is 0 Å². The van der Waals surface area contributed by atoms with Crippen molar-refractivity contribution in [3.05, 3.63) is 68.4 Å². The molecule has 20 heavy (non-hydrogen) atoms. The fraction of sp³-hybridized carbons (Fsp3) is 0.0833. The van der Waals surface area contributed by atoms with E-state index in [4.69, 9.17) is 0 Å². The highest BCUT2D eigenvalue weighted by Crippen LogP contribution is 2.15. The molecule has 0 bridgehead atoms. The molecule has 2 aromatic rings. The lowest BCUT2D eigenvalue weighted by Gasteiger charge is -2.05. The molecule has 0 saturated carbocycles. The topological polar surface area (TPSA) is 111 Å². The van der Waals surface area contributed by atoms with E-state index in [-0.39, 0.29) is 11.4 Å². The van der Waals surface area contributed by atoms with E-state index in [1.807, 2.05) is 0 Å². The Morgan fingerprint density at radius 1 is 0.950 bits per heavy atom. The summed E-state index contributed by atoms with van der Waals surface area (Å²) >= 11 is 0. The number of anilines is 1. The maximum atomic E-state index is 10.5. The first-order chi connectivity index (χ1) is 9.56. The van der Waals surface area contributed by atoms with E-state index in [2.05, 4.69) is 10.3 Å². The number of rotatable bonds is 5. The number of non-ortho nitro benzene ring substituents is 1. The zero-order valence-electron chi connectivity index (χ0n) is 10.2. The Labute approximate surface area is 113 Å². The molecule has 2 rings (SSSR count). The number of hydrogen-bond donors (Lipinski definition) is 1. The second kappa shape index (κ2) is 5.74. The average Bonchev–Trinajstić information content (AvgIpc) is 2.46. The second-order valence-electron chi connectivity index (χ2n) is 3.94. The van der Waals surface area contributed by atoms with E-state index in [0.717, 1.165) is 11.8 Å². The Morgan fingerprint density at radius 3 is 2.05 bits per heavy atom. The number of benzene rings is 1. The Hall–Kier alpha value is -3.03. The van der Waals surface area contributed by atoms with Gasteiger partial charge in [-0.15, -0.1) is 0 Å². The summed E-state index contributed by atoms with van der Waals surface area (Å²) in [5.74, 6) is 0.494. The summed E-state index contributed by atoms with van der Waals surface area (Å²) in [6.07, 6.45) is 1.16. The second-order valence-corrected chi connectivity index (χ2v) is 3.94. The smallest absolute Gasteiger partial charge is 0.287 e. The standard InChI is InChI=1S/C12H10N4O4/c17-15(18)10-3-1-9(2-4-10)7-13-12-6-5-11(8-14-12)16(19)20/h1-6,8H,7H2,(H,13,14). The molecule has 8 nitrogen and oxygen atoms in total. The molecule has 0 spiro atoms. The van der Waals surface area contributed by atoms with Crippen LogP contribution in [-0.2, 0) is 6.54 Å². The molecular weight excluding hydrogens is 264 g/mol. The van der Waals surface area contributed by atoms with Gasteiger partial charge in [-0.3, -0.25) is 20.2 Å². The van der Waals surface area contributed by atoms with Crippen LogP contribution in [0.25, 0.3) is 0 Å². The van der Waals surface area contributed by atoms with Crippen molar-refractivity contribution in [3.63, 3.8) is 0 Å². The van der Waals surface area contributed by atoms with E-state index in [9.17, 15) is 20.2 Å². The van der Waals surface area contributed by atoms with Gasteiger partial charge in [0.15, 0.2) is 0 Å². The molecule has 0 aliphatic rings. The van der Waals surface area contributed by atoms with Crippen molar-refractivity contribution in [2.45, 2.75) is 6.54 Å². The first-order valence-corrected chi connectivity index (χ1v) is 5.64. The summed E-state index contributed by atoms with van der Waals surface area (Å²) in [5, 5.41) is 23.9. The van der Waals surface area contributed by atoms with Crippen molar-refractivity contribution < 1.29 is 9.85 Å². The van der Waals surface area contributed by atoms with E-state index < -0.39 is 9.85 Å². The highest BCUT2D eigenvalue weighted by atomic mass is 16.6. The lowest BCUT2D eigenvalue weighted by Crippen LogP contribution is -2.01. The number of aromatic nitrogens is 1. The average molecular weight is 274 g/mol. The van der Waals surface area contributed by atoms with E-state index in [1.54, 1.807) is 12.1 Å². The van der Waals surface area contributed by atoms with Crippen molar-refractivity contribution in [2.24, 2.45) is 0 Å². The molecule has 1 N–H and O–H groups in total. The normalized spacial score (nSPS) is 10.0. The lowest BCUT2D eigenvalue weighted by atomic mass is 10.2. The van der Waals surface area contributed by atoms with E-state index in [1.165, 1.54) is 24.3 Å². The van der Waals surface area contributed by atoms with Crippen molar-refractivity contribution in [1.82, 2.24) is 4.98 Å². The van der Waals surface area contributed by atoms with Crippen LogP contribution < -0.4 is 5.32 Å². The number of hydrogen-bond acceptors (Lipinski definition) is 6. The summed E-state index contributed by atoms with van der Waals surface area (Å²) in [7, 11) is 0. The molecule has 102 valence electrons. The van der Waals surface area contributed by atoms with Crippen LogP contribution in [-0.4, -0.2) is 14.8 Å². The fourth-order valence-electron chi connectivity index (χ4n) is 1.53. The number of pyridine rings is 1. The molecule has 1 aromatic carbocycles. The molecule has 1 aromatic heterocycles. The molecule has 0 radical (unpaired) electrons. The summed E-state index contributed by atoms with van der Waals surface area (Å²) in [4.78, 5) is 23.9. The van der Waals surface area contributed by atoms with Gasteiger partial charge < -0.3 is 5.32 Å². The Morgan fingerprint density at radius 2 is 1.55 bits per heavy atom. The van der Waals surface area contributed by atoms with Crippen LogP contribution in [0.15, 0.2) is 42.6 Å². The van der Waals surface area contributed by atoms with Crippen LogP contribution in [0.5, 0.6) is 0 Å². The molecule has 0 atom stereocenters. The van der Waals surface area contributed by atoms with Crippen LogP contribution in [0.3, 0.4) is 0 Å². The summed E-state index contributed by atoms with van der Waals surface area (Å²) < 4.78 is 0. The molecule has 8 heteroatoms. The zero-order chi connectivity index (χ0) is 14.5. The molecule has 0 unspecified atom stereocenters. The van der Waals surface area contributed by atoms with Gasteiger partial charge in [-0.05, 0) is 11.6 Å². The first-order valence-electron chi connectivity index (χ1n) is 5.64. The quantitative estimate of drug-likeness (QED) is 0.662. The molecule has 0 fully saturated rings. The highest BCUT2D eigenvalue weighted by Gasteiger charge is 2.06. The van der Waals surface area contributed by atoms with E-state index >= 15 is 0 Å². The maximum absolute atomic E-state index is 10.5. The third kappa shape index (κ3) is 3.25. The predicted octanol–water partition coefficient (Wildman–Crippen LogP) is 2.51. The van der Waals surface area contributed by atoms with E-state index in [0.29, 0.717) is 12.4 Å². The number of nitrogens with zero attached hydrogens (tertiary/aromatic N) is 3. The molecule has 1 heterocycles. The minimum Gasteiger partial charge on any atom is -0.366 e. The molecular formula is C12H10N4O4. The van der Waals surface area contributed by atoms with Crippen molar-refractivity contribution in [3.8, 4) is 0 Å². The lowest BCUT2D eigenvalue weighted by molar-refractivity contribution is -0.385. The Balaban J connectivity index is 1.97. The number of nitro groups is 2. The third-order valence-electron chi connectivity index (χ3n) is 2.58. The van der Waals surface area contributed by atoms with Crippen LogP contribution in [0.2, 0.25) is 0 Å². The van der Waals surface area contributed by atoms with Gasteiger partial charge in [0.2, 0.25) is 0 Å². The zero-order valence-corrected chi connectivity index (χ0v) is 10.2. The van der Waals surface area contributed by atoms with Crippen LogP contribution in [0.4, 0.5) is 17.2 Å². The molecule has 0 aliphatic carbocycles. The summed E-state index contributed by atoms with van der Waals surface area (Å²) in [6.45, 7) is 0.419. The minimum atomic E-state index is -0.521. The number of nitrogens with one attached hydrogen (secondary N) is 1. The summed E-state index contributed by atoms with van der Waals surface area (Å²) in [5.41, 5.74) is 0.795. The summed E-state index contributed by atoms with van der Waals surface area (Å²) in [6, 6.07) is 8.96. The SMILES string of the molecule is O=[N+]([O-])c1ccc(CNc2ccc([N+](=O)[O-])cn2)cc1. The Kier molecular flexibility index (Phi) is 3.85. The van der Waals surface area contributed by atoms with Crippen molar-refractivity contribution in [2.75, 3.05) is 5.32 Å². The van der Waals surface area contributed by atoms with Crippen molar-refractivity contribution >= 4 is 17.2 Å². The van der Waals surface area contributed by atoms with Gasteiger partial charge in [-0.1, -0.05) is 12.1 Å². The van der Waals surface area contributed by atoms with Gasteiger partial charge in [-0.2, -0.15) is 0 Å². The van der Waals surface area contributed by atoms with Crippen LogP contribution >= 0.6 is 0 Å². The molecule has 0 aliphatic heterocycles.